The van der Waals surface area contributed by atoms with Crippen molar-refractivity contribution in [1.29, 1.82) is 5.26 Å². The molecule has 5 nitrogen and oxygen atoms in total. The minimum atomic E-state index is -0.549. The molecule has 0 radical (unpaired) electrons. The second-order valence-electron chi connectivity index (χ2n) is 2.76. The molecule has 0 atom stereocenters. The van der Waals surface area contributed by atoms with Crippen LogP contribution in [0.3, 0.4) is 0 Å². The molecule has 68 valence electrons. The van der Waals surface area contributed by atoms with Crippen LogP contribution in [0, 0.1) is 11.3 Å². The van der Waals surface area contributed by atoms with Gasteiger partial charge in [0.2, 0.25) is 0 Å². The monoisotopic (exact) mass is 186 g/mol. The number of carbonyl (C=O) groups is 1. The number of benzene rings is 1. The molecule has 0 aliphatic rings. The summed E-state index contributed by atoms with van der Waals surface area (Å²) in [5.41, 5.74) is 6.91. The Kier molecular flexibility index (Phi) is 1.68. The molecular weight excluding hydrogens is 180 g/mol. The Balaban J connectivity index is 2.87. The Bertz CT molecular complexity index is 549. The first-order valence-corrected chi connectivity index (χ1v) is 3.90. The molecule has 0 saturated carbocycles. The number of amides is 1. The highest BCUT2D eigenvalue weighted by molar-refractivity contribution is 6.05. The third kappa shape index (κ3) is 1.02. The molecular formula is C9H6N4O. The van der Waals surface area contributed by atoms with Gasteiger partial charge in [-0.05, 0) is 12.1 Å². The summed E-state index contributed by atoms with van der Waals surface area (Å²) in [6.45, 7) is 0. The summed E-state index contributed by atoms with van der Waals surface area (Å²) in [6, 6.07) is 5.05. The van der Waals surface area contributed by atoms with Gasteiger partial charge >= 0.3 is 0 Å². The van der Waals surface area contributed by atoms with Crippen LogP contribution in [0.25, 0.3) is 11.0 Å². The number of H-pyrrole nitrogens is 1. The Labute approximate surface area is 79.2 Å². The topological polar surface area (TPSA) is 95.6 Å². The Hall–Kier alpha value is -2.35. The maximum atomic E-state index is 11.0. The normalized spacial score (nSPS) is 9.93. The van der Waals surface area contributed by atoms with Gasteiger partial charge in [-0.25, -0.2) is 4.98 Å². The van der Waals surface area contributed by atoms with E-state index >= 15 is 0 Å². The molecule has 0 unspecified atom stereocenters. The standard InChI is InChI=1S/C9H6N4O/c10-3-5-1-2-6(9(11)14)8-7(5)12-4-13-8/h1-2,4H,(H2,11,14)(H,12,13). The third-order valence-electron chi connectivity index (χ3n) is 1.97. The highest BCUT2D eigenvalue weighted by Crippen LogP contribution is 2.18. The van der Waals surface area contributed by atoms with Crippen LogP contribution in [0.15, 0.2) is 18.5 Å². The van der Waals surface area contributed by atoms with Crippen molar-refractivity contribution in [1.82, 2.24) is 9.97 Å². The van der Waals surface area contributed by atoms with Crippen LogP contribution in [0.1, 0.15) is 15.9 Å². The number of fused-ring (bicyclic) bond motifs is 1. The van der Waals surface area contributed by atoms with Crippen molar-refractivity contribution in [3.05, 3.63) is 29.6 Å². The Morgan fingerprint density at radius 3 is 3.00 bits per heavy atom. The molecule has 3 N–H and O–H groups in total. The van der Waals surface area contributed by atoms with Crippen molar-refractivity contribution < 1.29 is 4.79 Å². The lowest BCUT2D eigenvalue weighted by atomic mass is 10.1. The highest BCUT2D eigenvalue weighted by atomic mass is 16.1. The van der Waals surface area contributed by atoms with Crippen LogP contribution >= 0.6 is 0 Å². The van der Waals surface area contributed by atoms with Gasteiger partial charge in [-0.2, -0.15) is 5.26 Å². The van der Waals surface area contributed by atoms with E-state index in [4.69, 9.17) is 11.0 Å². The van der Waals surface area contributed by atoms with Gasteiger partial charge in [0, 0.05) is 0 Å². The molecule has 1 amide bonds. The first-order valence-electron chi connectivity index (χ1n) is 3.90. The van der Waals surface area contributed by atoms with Gasteiger partial charge in [-0.1, -0.05) is 0 Å². The number of imidazole rings is 1. The van der Waals surface area contributed by atoms with Crippen molar-refractivity contribution in [2.75, 3.05) is 0 Å². The van der Waals surface area contributed by atoms with Crippen molar-refractivity contribution >= 4 is 16.9 Å². The summed E-state index contributed by atoms with van der Waals surface area (Å²) in [7, 11) is 0. The van der Waals surface area contributed by atoms with E-state index in [-0.39, 0.29) is 0 Å². The number of rotatable bonds is 1. The number of primary amides is 1. The second kappa shape index (κ2) is 2.85. The average molecular weight is 186 g/mol. The van der Waals surface area contributed by atoms with Gasteiger partial charge in [0.15, 0.2) is 0 Å². The molecule has 1 aromatic heterocycles. The Morgan fingerprint density at radius 1 is 1.57 bits per heavy atom. The van der Waals surface area contributed by atoms with E-state index in [0.29, 0.717) is 22.2 Å². The second-order valence-corrected chi connectivity index (χ2v) is 2.76. The summed E-state index contributed by atoms with van der Waals surface area (Å²) in [4.78, 5) is 17.7. The summed E-state index contributed by atoms with van der Waals surface area (Å²) in [5, 5.41) is 8.77. The number of nitrogens with zero attached hydrogens (tertiary/aromatic N) is 2. The van der Waals surface area contributed by atoms with Gasteiger partial charge < -0.3 is 10.7 Å². The molecule has 0 aliphatic carbocycles. The van der Waals surface area contributed by atoms with Crippen molar-refractivity contribution in [3.63, 3.8) is 0 Å². The predicted molar refractivity (Wildman–Crippen MR) is 49.3 cm³/mol. The van der Waals surface area contributed by atoms with Crippen LogP contribution in [0.2, 0.25) is 0 Å². The number of hydrogen-bond acceptors (Lipinski definition) is 3. The summed E-state index contributed by atoms with van der Waals surface area (Å²) >= 11 is 0. The quantitative estimate of drug-likeness (QED) is 0.680. The predicted octanol–water partition coefficient (Wildman–Crippen LogP) is 0.533. The minimum Gasteiger partial charge on any atom is -0.366 e. The molecule has 1 aromatic carbocycles. The lowest BCUT2D eigenvalue weighted by Crippen LogP contribution is -2.11. The van der Waals surface area contributed by atoms with Gasteiger partial charge in [-0.15, -0.1) is 0 Å². The maximum absolute atomic E-state index is 11.0. The Morgan fingerprint density at radius 2 is 2.36 bits per heavy atom. The fraction of sp³-hybridized carbons (Fsp3) is 0. The molecule has 1 heterocycles. The molecule has 0 spiro atoms. The average Bonchev–Trinajstić information content (AvgIpc) is 2.64. The van der Waals surface area contributed by atoms with E-state index in [9.17, 15) is 4.79 Å². The zero-order valence-electron chi connectivity index (χ0n) is 7.11. The molecule has 2 rings (SSSR count). The minimum absolute atomic E-state index is 0.320. The zero-order valence-corrected chi connectivity index (χ0v) is 7.11. The number of nitrogens with one attached hydrogen (secondary N) is 1. The molecule has 0 fully saturated rings. The molecule has 2 aromatic rings. The number of nitriles is 1. The van der Waals surface area contributed by atoms with Crippen LogP contribution in [0.5, 0.6) is 0 Å². The van der Waals surface area contributed by atoms with Crippen molar-refractivity contribution in [3.8, 4) is 6.07 Å². The molecule has 0 bridgehead atoms. The zero-order chi connectivity index (χ0) is 10.1. The number of aromatic amines is 1. The lowest BCUT2D eigenvalue weighted by Gasteiger charge is -1.97. The smallest absolute Gasteiger partial charge is 0.250 e. The molecule has 5 heteroatoms. The van der Waals surface area contributed by atoms with Crippen LogP contribution in [-0.4, -0.2) is 15.9 Å². The van der Waals surface area contributed by atoms with Gasteiger partial charge in [0.1, 0.15) is 11.6 Å². The number of carbonyl (C=O) groups excluding carboxylic acids is 1. The van der Waals surface area contributed by atoms with E-state index in [0.717, 1.165) is 0 Å². The van der Waals surface area contributed by atoms with Crippen LogP contribution < -0.4 is 5.73 Å². The molecule has 0 aliphatic heterocycles. The fourth-order valence-electron chi connectivity index (χ4n) is 1.32. The van der Waals surface area contributed by atoms with Gasteiger partial charge in [0.05, 0.1) is 23.0 Å². The third-order valence-corrected chi connectivity index (χ3v) is 1.97. The highest BCUT2D eigenvalue weighted by Gasteiger charge is 2.11. The molecule has 14 heavy (non-hydrogen) atoms. The van der Waals surface area contributed by atoms with E-state index in [1.807, 2.05) is 6.07 Å². The summed E-state index contributed by atoms with van der Waals surface area (Å²) in [5.74, 6) is -0.549. The first-order chi connectivity index (χ1) is 6.74. The van der Waals surface area contributed by atoms with Crippen LogP contribution in [-0.2, 0) is 0 Å². The van der Waals surface area contributed by atoms with E-state index in [2.05, 4.69) is 9.97 Å². The fourth-order valence-corrected chi connectivity index (χ4v) is 1.32. The van der Waals surface area contributed by atoms with Gasteiger partial charge in [0.25, 0.3) is 5.91 Å². The van der Waals surface area contributed by atoms with Crippen LogP contribution in [0.4, 0.5) is 0 Å². The lowest BCUT2D eigenvalue weighted by molar-refractivity contribution is 0.100. The van der Waals surface area contributed by atoms with E-state index < -0.39 is 5.91 Å². The first kappa shape index (κ1) is 8.26. The van der Waals surface area contributed by atoms with E-state index in [1.165, 1.54) is 12.4 Å². The summed E-state index contributed by atoms with van der Waals surface area (Å²) < 4.78 is 0. The maximum Gasteiger partial charge on any atom is 0.250 e. The van der Waals surface area contributed by atoms with Crippen molar-refractivity contribution in [2.24, 2.45) is 5.73 Å². The molecule has 0 saturated heterocycles. The number of nitrogens with two attached hydrogens (primary N) is 1. The largest absolute Gasteiger partial charge is 0.366 e. The SMILES string of the molecule is N#Cc1ccc(C(N)=O)c2nc[nH]c12. The van der Waals surface area contributed by atoms with E-state index in [1.54, 1.807) is 6.07 Å². The van der Waals surface area contributed by atoms with Crippen molar-refractivity contribution in [2.45, 2.75) is 0 Å². The number of aromatic nitrogens is 2. The van der Waals surface area contributed by atoms with Gasteiger partial charge in [-0.3, -0.25) is 4.79 Å². The summed E-state index contributed by atoms with van der Waals surface area (Å²) in [6.07, 6.45) is 1.43. The number of hydrogen-bond donors (Lipinski definition) is 2.